The summed E-state index contributed by atoms with van der Waals surface area (Å²) in [6, 6.07) is 1.71. The molecule has 0 aliphatic carbocycles. The SMILES string of the molecule is CCCC1CCC(=O)N(Cc2cc(C(=O)O)sc2C)CC1. The Hall–Kier alpha value is -1.36. The summed E-state index contributed by atoms with van der Waals surface area (Å²) in [5.41, 5.74) is 0.972. The van der Waals surface area contributed by atoms with Crippen LogP contribution in [0.3, 0.4) is 0 Å². The van der Waals surface area contributed by atoms with Crippen molar-refractivity contribution in [2.24, 2.45) is 5.92 Å². The van der Waals surface area contributed by atoms with Gasteiger partial charge in [0.05, 0.1) is 0 Å². The smallest absolute Gasteiger partial charge is 0.345 e. The van der Waals surface area contributed by atoms with E-state index in [0.29, 0.717) is 23.8 Å². The number of carbonyl (C=O) groups is 2. The highest BCUT2D eigenvalue weighted by Gasteiger charge is 2.23. The molecule has 1 aromatic rings. The third-order valence-corrected chi connectivity index (χ3v) is 5.30. The van der Waals surface area contributed by atoms with E-state index in [4.69, 9.17) is 5.11 Å². The standard InChI is InChI=1S/C16H23NO3S/c1-3-4-12-5-6-15(18)17(8-7-12)10-13-9-14(16(19)20)21-11(13)2/h9,12H,3-8,10H2,1-2H3,(H,19,20). The van der Waals surface area contributed by atoms with Gasteiger partial charge in [-0.3, -0.25) is 4.79 Å². The van der Waals surface area contributed by atoms with Gasteiger partial charge in [-0.2, -0.15) is 0 Å². The zero-order valence-corrected chi connectivity index (χ0v) is 13.5. The van der Waals surface area contributed by atoms with Crippen molar-refractivity contribution < 1.29 is 14.7 Å². The maximum Gasteiger partial charge on any atom is 0.345 e. The van der Waals surface area contributed by atoms with Crippen LogP contribution in [0.4, 0.5) is 0 Å². The normalized spacial score (nSPS) is 19.6. The first-order valence-corrected chi connectivity index (χ1v) is 8.43. The number of likely N-dealkylation sites (tertiary alicyclic amines) is 1. The van der Waals surface area contributed by atoms with Crippen LogP contribution in [0.5, 0.6) is 0 Å². The van der Waals surface area contributed by atoms with Crippen LogP contribution in [0.15, 0.2) is 6.07 Å². The van der Waals surface area contributed by atoms with Gasteiger partial charge in [0.1, 0.15) is 4.88 Å². The number of hydrogen-bond donors (Lipinski definition) is 1. The molecular weight excluding hydrogens is 286 g/mol. The Kier molecular flexibility index (Phi) is 5.39. The van der Waals surface area contributed by atoms with Crippen molar-refractivity contribution in [3.8, 4) is 0 Å². The molecule has 5 heteroatoms. The van der Waals surface area contributed by atoms with E-state index in [-0.39, 0.29) is 5.91 Å². The first-order chi connectivity index (χ1) is 10.0. The second-order valence-electron chi connectivity index (χ2n) is 5.79. The Morgan fingerprint density at radius 3 is 2.86 bits per heavy atom. The predicted octanol–water partition coefficient (Wildman–Crippen LogP) is 3.68. The van der Waals surface area contributed by atoms with Crippen LogP contribution in [0.25, 0.3) is 0 Å². The molecule has 0 aromatic carbocycles. The van der Waals surface area contributed by atoms with E-state index in [9.17, 15) is 9.59 Å². The summed E-state index contributed by atoms with van der Waals surface area (Å²) in [4.78, 5) is 26.5. The fraction of sp³-hybridized carbons (Fsp3) is 0.625. The first kappa shape index (κ1) is 16.0. The fourth-order valence-corrected chi connectivity index (χ4v) is 3.82. The van der Waals surface area contributed by atoms with Crippen molar-refractivity contribution in [1.82, 2.24) is 4.90 Å². The molecule has 2 rings (SSSR count). The molecule has 1 aliphatic heterocycles. The number of nitrogens with zero attached hydrogens (tertiary/aromatic N) is 1. The Bertz CT molecular complexity index is 524. The van der Waals surface area contributed by atoms with Crippen molar-refractivity contribution in [3.63, 3.8) is 0 Å². The van der Waals surface area contributed by atoms with E-state index in [1.807, 2.05) is 11.8 Å². The second kappa shape index (κ2) is 7.07. The lowest BCUT2D eigenvalue weighted by molar-refractivity contribution is -0.131. The van der Waals surface area contributed by atoms with Crippen LogP contribution in [-0.2, 0) is 11.3 Å². The molecule has 0 saturated carbocycles. The van der Waals surface area contributed by atoms with Gasteiger partial charge in [-0.15, -0.1) is 11.3 Å². The van der Waals surface area contributed by atoms with Crippen LogP contribution in [-0.4, -0.2) is 28.4 Å². The molecule has 1 N–H and O–H groups in total. The van der Waals surface area contributed by atoms with E-state index in [0.717, 1.165) is 29.8 Å². The summed E-state index contributed by atoms with van der Waals surface area (Å²) in [5.74, 6) is -0.0299. The molecule has 0 spiro atoms. The van der Waals surface area contributed by atoms with Crippen LogP contribution in [0.2, 0.25) is 0 Å². The summed E-state index contributed by atoms with van der Waals surface area (Å²) in [6.07, 6.45) is 5.05. The Morgan fingerprint density at radius 1 is 1.48 bits per heavy atom. The lowest BCUT2D eigenvalue weighted by atomic mass is 9.96. The summed E-state index contributed by atoms with van der Waals surface area (Å²) >= 11 is 1.29. The summed E-state index contributed by atoms with van der Waals surface area (Å²) in [7, 11) is 0. The molecule has 116 valence electrons. The van der Waals surface area contributed by atoms with E-state index >= 15 is 0 Å². The average molecular weight is 309 g/mol. The molecule has 1 saturated heterocycles. The molecule has 1 fully saturated rings. The van der Waals surface area contributed by atoms with Gasteiger partial charge in [0.2, 0.25) is 5.91 Å². The van der Waals surface area contributed by atoms with Crippen molar-refractivity contribution in [2.75, 3.05) is 6.54 Å². The van der Waals surface area contributed by atoms with Gasteiger partial charge in [-0.05, 0) is 37.3 Å². The number of carboxylic acids is 1. The maximum absolute atomic E-state index is 12.2. The van der Waals surface area contributed by atoms with Gasteiger partial charge in [-0.1, -0.05) is 19.8 Å². The number of carbonyl (C=O) groups excluding carboxylic acids is 1. The fourth-order valence-electron chi connectivity index (χ4n) is 2.95. The number of amides is 1. The largest absolute Gasteiger partial charge is 0.477 e. The number of hydrogen-bond acceptors (Lipinski definition) is 3. The Morgan fingerprint density at radius 2 is 2.24 bits per heavy atom. The monoisotopic (exact) mass is 309 g/mol. The number of carboxylic acid groups (broad SMARTS) is 1. The van der Waals surface area contributed by atoms with E-state index in [1.165, 1.54) is 24.2 Å². The highest BCUT2D eigenvalue weighted by atomic mass is 32.1. The number of aryl methyl sites for hydroxylation is 1. The van der Waals surface area contributed by atoms with Gasteiger partial charge < -0.3 is 10.0 Å². The Labute approximate surface area is 129 Å². The molecular formula is C16H23NO3S. The van der Waals surface area contributed by atoms with Crippen molar-refractivity contribution >= 4 is 23.2 Å². The van der Waals surface area contributed by atoms with Crippen molar-refractivity contribution in [1.29, 1.82) is 0 Å². The van der Waals surface area contributed by atoms with Crippen LogP contribution < -0.4 is 0 Å². The molecule has 1 aromatic heterocycles. The summed E-state index contributed by atoms with van der Waals surface area (Å²) < 4.78 is 0. The lowest BCUT2D eigenvalue weighted by Crippen LogP contribution is -2.29. The predicted molar refractivity (Wildman–Crippen MR) is 83.7 cm³/mol. The number of rotatable bonds is 5. The zero-order chi connectivity index (χ0) is 15.4. The zero-order valence-electron chi connectivity index (χ0n) is 12.7. The molecule has 21 heavy (non-hydrogen) atoms. The first-order valence-electron chi connectivity index (χ1n) is 7.61. The molecule has 1 unspecified atom stereocenters. The molecule has 1 atom stereocenters. The maximum atomic E-state index is 12.2. The third-order valence-electron chi connectivity index (χ3n) is 4.22. The van der Waals surface area contributed by atoms with E-state index < -0.39 is 5.97 Å². The minimum absolute atomic E-state index is 0.205. The molecule has 0 radical (unpaired) electrons. The number of aromatic carboxylic acids is 1. The molecule has 0 bridgehead atoms. The van der Waals surface area contributed by atoms with Gasteiger partial charge in [0.25, 0.3) is 0 Å². The van der Waals surface area contributed by atoms with Gasteiger partial charge in [0, 0.05) is 24.4 Å². The quantitative estimate of drug-likeness (QED) is 0.902. The minimum atomic E-state index is -0.889. The molecule has 1 aliphatic rings. The highest BCUT2D eigenvalue weighted by Crippen LogP contribution is 2.27. The molecule has 2 heterocycles. The average Bonchev–Trinajstić information content (AvgIpc) is 2.72. The topological polar surface area (TPSA) is 57.6 Å². The van der Waals surface area contributed by atoms with Crippen molar-refractivity contribution in [2.45, 2.75) is 52.5 Å². The van der Waals surface area contributed by atoms with Gasteiger partial charge in [-0.25, -0.2) is 4.79 Å². The highest BCUT2D eigenvalue weighted by molar-refractivity contribution is 7.14. The minimum Gasteiger partial charge on any atom is -0.477 e. The van der Waals surface area contributed by atoms with Crippen LogP contribution in [0.1, 0.15) is 59.1 Å². The molecule has 4 nitrogen and oxygen atoms in total. The third kappa shape index (κ3) is 4.06. The van der Waals surface area contributed by atoms with E-state index in [1.54, 1.807) is 6.07 Å². The number of thiophene rings is 1. The molecule has 1 amide bonds. The van der Waals surface area contributed by atoms with E-state index in [2.05, 4.69) is 6.92 Å². The van der Waals surface area contributed by atoms with Crippen molar-refractivity contribution in [3.05, 3.63) is 21.4 Å². The van der Waals surface area contributed by atoms with Gasteiger partial charge >= 0.3 is 5.97 Å². The Balaban J connectivity index is 2.04. The second-order valence-corrected chi connectivity index (χ2v) is 7.05. The van der Waals surface area contributed by atoms with Crippen LogP contribution in [0, 0.1) is 12.8 Å². The summed E-state index contributed by atoms with van der Waals surface area (Å²) in [5, 5.41) is 9.05. The summed E-state index contributed by atoms with van der Waals surface area (Å²) in [6.45, 7) is 5.45. The van der Waals surface area contributed by atoms with Crippen LogP contribution >= 0.6 is 11.3 Å². The lowest BCUT2D eigenvalue weighted by Gasteiger charge is -2.20. The van der Waals surface area contributed by atoms with Gasteiger partial charge in [0.15, 0.2) is 0 Å².